The fraction of sp³-hybridized carbons (Fsp3) is 0.263. The monoisotopic (exact) mass is 335 g/mol. The van der Waals surface area contributed by atoms with E-state index in [0.717, 1.165) is 22.4 Å². The molecule has 6 nitrogen and oxygen atoms in total. The molecule has 126 valence electrons. The van der Waals surface area contributed by atoms with Crippen molar-refractivity contribution < 1.29 is 14.6 Å². The highest BCUT2D eigenvalue weighted by Crippen LogP contribution is 2.35. The maximum absolute atomic E-state index is 10.6. The largest absolute Gasteiger partial charge is 0.486 e. The molecule has 3 aromatic rings. The van der Waals surface area contributed by atoms with E-state index in [1.54, 1.807) is 24.3 Å². The van der Waals surface area contributed by atoms with Gasteiger partial charge in [-0.3, -0.25) is 0 Å². The van der Waals surface area contributed by atoms with Gasteiger partial charge in [-0.2, -0.15) is 5.26 Å². The number of rotatable bonds is 3. The Labute approximate surface area is 144 Å². The SMILES string of the molecule is Cc1nc2cc3c(cc2n1CC(O)c1ccc(C#N)cc1)OCCO3. The summed E-state index contributed by atoms with van der Waals surface area (Å²) in [5.74, 6) is 2.22. The number of fused-ring (bicyclic) bond motifs is 2. The summed E-state index contributed by atoms with van der Waals surface area (Å²) in [5, 5.41) is 19.5. The molecule has 4 rings (SSSR count). The lowest BCUT2D eigenvalue weighted by atomic mass is 10.1. The molecule has 1 N–H and O–H groups in total. The third kappa shape index (κ3) is 2.79. The summed E-state index contributed by atoms with van der Waals surface area (Å²) in [6, 6.07) is 12.8. The Bertz CT molecular complexity index is 970. The van der Waals surface area contributed by atoms with E-state index in [9.17, 15) is 5.11 Å². The number of aromatic nitrogens is 2. The lowest BCUT2D eigenvalue weighted by molar-refractivity contribution is 0.157. The topological polar surface area (TPSA) is 80.3 Å². The fourth-order valence-corrected chi connectivity index (χ4v) is 3.07. The molecule has 0 spiro atoms. The standard InChI is InChI=1S/C19H17N3O3/c1-12-21-15-8-18-19(25-7-6-24-18)9-16(15)22(12)11-17(23)14-4-2-13(10-20)3-5-14/h2-5,8-9,17,23H,6-7,11H2,1H3. The van der Waals surface area contributed by atoms with E-state index in [0.29, 0.717) is 36.8 Å². The first-order valence-electron chi connectivity index (χ1n) is 8.10. The van der Waals surface area contributed by atoms with E-state index in [1.165, 1.54) is 0 Å². The predicted molar refractivity (Wildman–Crippen MR) is 91.6 cm³/mol. The van der Waals surface area contributed by atoms with Crippen LogP contribution in [0.15, 0.2) is 36.4 Å². The molecule has 1 atom stereocenters. The zero-order valence-electron chi connectivity index (χ0n) is 13.8. The molecule has 0 aliphatic carbocycles. The highest BCUT2D eigenvalue weighted by atomic mass is 16.6. The van der Waals surface area contributed by atoms with Gasteiger partial charge in [0.05, 0.1) is 35.3 Å². The second-order valence-electron chi connectivity index (χ2n) is 6.00. The minimum atomic E-state index is -0.697. The smallest absolute Gasteiger partial charge is 0.163 e. The molecule has 25 heavy (non-hydrogen) atoms. The molecule has 2 heterocycles. The van der Waals surface area contributed by atoms with Crippen LogP contribution in [0, 0.1) is 18.3 Å². The number of imidazole rings is 1. The molecular weight excluding hydrogens is 318 g/mol. The lowest BCUT2D eigenvalue weighted by Gasteiger charge is -2.19. The third-order valence-corrected chi connectivity index (χ3v) is 4.38. The second-order valence-corrected chi connectivity index (χ2v) is 6.00. The van der Waals surface area contributed by atoms with Crippen molar-refractivity contribution in [3.05, 3.63) is 53.3 Å². The summed E-state index contributed by atoms with van der Waals surface area (Å²) in [6.45, 7) is 3.34. The Morgan fingerprint density at radius 2 is 1.88 bits per heavy atom. The summed E-state index contributed by atoms with van der Waals surface area (Å²) in [6.07, 6.45) is -0.697. The molecule has 6 heteroatoms. The van der Waals surface area contributed by atoms with Crippen LogP contribution in [0.5, 0.6) is 11.5 Å². The van der Waals surface area contributed by atoms with Gasteiger partial charge in [-0.25, -0.2) is 4.98 Å². The highest BCUT2D eigenvalue weighted by Gasteiger charge is 2.18. The van der Waals surface area contributed by atoms with Gasteiger partial charge in [0.15, 0.2) is 11.5 Å². The van der Waals surface area contributed by atoms with Crippen LogP contribution in [-0.2, 0) is 6.54 Å². The van der Waals surface area contributed by atoms with E-state index in [2.05, 4.69) is 11.1 Å². The number of benzene rings is 2. The highest BCUT2D eigenvalue weighted by molar-refractivity contribution is 5.80. The summed E-state index contributed by atoms with van der Waals surface area (Å²) in [4.78, 5) is 4.57. The minimum Gasteiger partial charge on any atom is -0.486 e. The maximum Gasteiger partial charge on any atom is 0.163 e. The Hall–Kier alpha value is -3.04. The molecule has 2 aromatic carbocycles. The van der Waals surface area contributed by atoms with Crippen LogP contribution in [0.3, 0.4) is 0 Å². The zero-order valence-corrected chi connectivity index (χ0v) is 13.8. The van der Waals surface area contributed by atoms with E-state index >= 15 is 0 Å². The van der Waals surface area contributed by atoms with Gasteiger partial charge < -0.3 is 19.1 Å². The van der Waals surface area contributed by atoms with E-state index in [4.69, 9.17) is 14.7 Å². The van der Waals surface area contributed by atoms with Crippen molar-refractivity contribution in [2.45, 2.75) is 19.6 Å². The average molecular weight is 335 g/mol. The number of aryl methyl sites for hydroxylation is 1. The van der Waals surface area contributed by atoms with Crippen LogP contribution in [0.2, 0.25) is 0 Å². The Morgan fingerprint density at radius 1 is 1.20 bits per heavy atom. The maximum atomic E-state index is 10.6. The molecule has 1 unspecified atom stereocenters. The molecule has 0 saturated heterocycles. The van der Waals surface area contributed by atoms with Crippen LogP contribution < -0.4 is 9.47 Å². The number of aliphatic hydroxyl groups is 1. The van der Waals surface area contributed by atoms with Crippen molar-refractivity contribution in [1.29, 1.82) is 5.26 Å². The lowest BCUT2D eigenvalue weighted by Crippen LogP contribution is -2.15. The van der Waals surface area contributed by atoms with Gasteiger partial charge in [-0.15, -0.1) is 0 Å². The zero-order chi connectivity index (χ0) is 17.4. The van der Waals surface area contributed by atoms with E-state index in [-0.39, 0.29) is 0 Å². The Kier molecular flexibility index (Phi) is 3.79. The molecule has 0 saturated carbocycles. The summed E-state index contributed by atoms with van der Waals surface area (Å²) < 4.78 is 13.2. The van der Waals surface area contributed by atoms with Crippen molar-refractivity contribution in [3.63, 3.8) is 0 Å². The predicted octanol–water partition coefficient (Wildman–Crippen LogP) is 2.72. The summed E-state index contributed by atoms with van der Waals surface area (Å²) in [5.41, 5.74) is 3.05. The average Bonchev–Trinajstić information content (AvgIpc) is 2.94. The van der Waals surface area contributed by atoms with Gasteiger partial charge in [0.1, 0.15) is 19.0 Å². The number of ether oxygens (including phenoxy) is 2. The van der Waals surface area contributed by atoms with Crippen LogP contribution in [0.25, 0.3) is 11.0 Å². The summed E-state index contributed by atoms with van der Waals surface area (Å²) >= 11 is 0. The molecule has 1 aromatic heterocycles. The Balaban J connectivity index is 1.68. The first kappa shape index (κ1) is 15.5. The van der Waals surface area contributed by atoms with Crippen molar-refractivity contribution in [2.75, 3.05) is 13.2 Å². The molecule has 1 aliphatic rings. The molecule has 0 fully saturated rings. The van der Waals surface area contributed by atoms with Gasteiger partial charge in [-0.05, 0) is 24.6 Å². The van der Waals surface area contributed by atoms with Crippen molar-refractivity contribution in [2.24, 2.45) is 0 Å². The summed E-state index contributed by atoms with van der Waals surface area (Å²) in [7, 11) is 0. The second kappa shape index (κ2) is 6.11. The fourth-order valence-electron chi connectivity index (χ4n) is 3.07. The quantitative estimate of drug-likeness (QED) is 0.796. The molecule has 0 bridgehead atoms. The van der Waals surface area contributed by atoms with Crippen molar-refractivity contribution in [1.82, 2.24) is 9.55 Å². The van der Waals surface area contributed by atoms with Gasteiger partial charge in [0, 0.05) is 12.1 Å². The molecule has 0 amide bonds. The molecule has 0 radical (unpaired) electrons. The number of nitriles is 1. The van der Waals surface area contributed by atoms with Crippen LogP contribution in [-0.4, -0.2) is 27.9 Å². The van der Waals surface area contributed by atoms with Gasteiger partial charge in [0.25, 0.3) is 0 Å². The third-order valence-electron chi connectivity index (χ3n) is 4.38. The molecular formula is C19H17N3O3. The first-order chi connectivity index (χ1) is 12.2. The van der Waals surface area contributed by atoms with Crippen LogP contribution in [0.4, 0.5) is 0 Å². The number of hydrogen-bond donors (Lipinski definition) is 1. The van der Waals surface area contributed by atoms with Gasteiger partial charge >= 0.3 is 0 Å². The minimum absolute atomic E-state index is 0.369. The van der Waals surface area contributed by atoms with Crippen molar-refractivity contribution >= 4 is 11.0 Å². The molecule has 1 aliphatic heterocycles. The van der Waals surface area contributed by atoms with Crippen molar-refractivity contribution in [3.8, 4) is 17.6 Å². The van der Waals surface area contributed by atoms with E-state index < -0.39 is 6.10 Å². The van der Waals surface area contributed by atoms with Crippen LogP contribution in [0.1, 0.15) is 23.1 Å². The number of aliphatic hydroxyl groups excluding tert-OH is 1. The van der Waals surface area contributed by atoms with E-state index in [1.807, 2.05) is 23.6 Å². The van der Waals surface area contributed by atoms with Crippen LogP contribution >= 0.6 is 0 Å². The number of hydrogen-bond acceptors (Lipinski definition) is 5. The normalized spacial score (nSPS) is 14.3. The first-order valence-corrected chi connectivity index (χ1v) is 8.10. The van der Waals surface area contributed by atoms with Gasteiger partial charge in [-0.1, -0.05) is 12.1 Å². The van der Waals surface area contributed by atoms with Gasteiger partial charge in [0.2, 0.25) is 0 Å². The Morgan fingerprint density at radius 3 is 2.56 bits per heavy atom. The number of nitrogens with zero attached hydrogens (tertiary/aromatic N) is 3.